The Morgan fingerprint density at radius 3 is 2.86 bits per heavy atom. The van der Waals surface area contributed by atoms with Gasteiger partial charge in [-0.1, -0.05) is 12.1 Å². The van der Waals surface area contributed by atoms with E-state index in [0.717, 1.165) is 6.54 Å². The minimum absolute atomic E-state index is 0. The third-order valence-electron chi connectivity index (χ3n) is 3.83. The number of amides is 1. The lowest BCUT2D eigenvalue weighted by Crippen LogP contribution is -2.57. The molecule has 1 aliphatic heterocycles. The first-order valence-electron chi connectivity index (χ1n) is 6.75. The van der Waals surface area contributed by atoms with Gasteiger partial charge >= 0.3 is 0 Å². The molecule has 1 fully saturated rings. The van der Waals surface area contributed by atoms with Crippen LogP contribution in [0.3, 0.4) is 0 Å². The Hall–Kier alpha value is -1.66. The Morgan fingerprint density at radius 2 is 2.19 bits per heavy atom. The van der Waals surface area contributed by atoms with E-state index in [9.17, 15) is 14.9 Å². The predicted octanol–water partition coefficient (Wildman–Crippen LogP) is 1.77. The number of rotatable bonds is 3. The highest BCUT2D eigenvalue weighted by atomic mass is 35.5. The number of carbonyl (C=O) groups is 1. The molecule has 6 nitrogen and oxygen atoms in total. The molecule has 1 aromatic carbocycles. The lowest BCUT2D eigenvalue weighted by Gasteiger charge is -2.38. The van der Waals surface area contributed by atoms with Gasteiger partial charge in [0, 0.05) is 37.3 Å². The Labute approximate surface area is 130 Å². The van der Waals surface area contributed by atoms with Crippen LogP contribution in [0.25, 0.3) is 0 Å². The van der Waals surface area contributed by atoms with E-state index in [1.54, 1.807) is 12.1 Å². The van der Waals surface area contributed by atoms with Crippen molar-refractivity contribution in [3.8, 4) is 0 Å². The molecule has 0 aromatic heterocycles. The second-order valence-corrected chi connectivity index (χ2v) is 5.17. The number of nitro benzene ring substituents is 1. The van der Waals surface area contributed by atoms with Gasteiger partial charge in [0.05, 0.1) is 11.3 Å². The summed E-state index contributed by atoms with van der Waals surface area (Å²) < 4.78 is 0. The van der Waals surface area contributed by atoms with Crippen LogP contribution in [0.2, 0.25) is 0 Å². The average Bonchev–Trinajstić information content (AvgIpc) is 2.42. The van der Waals surface area contributed by atoms with E-state index < -0.39 is 4.92 Å². The molecule has 2 atom stereocenters. The average molecular weight is 314 g/mol. The molecule has 116 valence electrons. The summed E-state index contributed by atoms with van der Waals surface area (Å²) in [6.45, 7) is 5.53. The summed E-state index contributed by atoms with van der Waals surface area (Å²) in [5.74, 6) is 0.0198. The van der Waals surface area contributed by atoms with E-state index in [1.165, 1.54) is 12.1 Å². The first kappa shape index (κ1) is 17.4. The summed E-state index contributed by atoms with van der Waals surface area (Å²) in [6, 6.07) is 6.66. The molecule has 0 radical (unpaired) electrons. The van der Waals surface area contributed by atoms with Crippen molar-refractivity contribution in [3.63, 3.8) is 0 Å². The fraction of sp³-hybridized carbons (Fsp3) is 0.500. The first-order chi connectivity index (χ1) is 9.49. The topological polar surface area (TPSA) is 75.5 Å². The molecule has 1 N–H and O–H groups in total. The molecular formula is C14H20ClN3O3. The predicted molar refractivity (Wildman–Crippen MR) is 82.7 cm³/mol. The standard InChI is InChI=1S/C14H19N3O3.ClH/c1-10-11(2)16(7-6-15-10)14(18)9-12-4-3-5-13(8-12)17(19)20;/h3-5,8,10-11,15H,6-7,9H2,1-2H3;1H. The Morgan fingerprint density at radius 1 is 1.48 bits per heavy atom. The van der Waals surface area contributed by atoms with Crippen LogP contribution in [-0.4, -0.2) is 40.9 Å². The quantitative estimate of drug-likeness (QED) is 0.681. The highest BCUT2D eigenvalue weighted by Gasteiger charge is 2.27. The Balaban J connectivity index is 0.00000220. The summed E-state index contributed by atoms with van der Waals surface area (Å²) in [5.41, 5.74) is 0.708. The second-order valence-electron chi connectivity index (χ2n) is 5.17. The van der Waals surface area contributed by atoms with Crippen molar-refractivity contribution in [2.45, 2.75) is 32.4 Å². The number of nitrogens with zero attached hydrogens (tertiary/aromatic N) is 2. The third kappa shape index (κ3) is 4.15. The number of hydrogen-bond donors (Lipinski definition) is 1. The Bertz CT molecular complexity index is 524. The van der Waals surface area contributed by atoms with Crippen molar-refractivity contribution in [1.82, 2.24) is 10.2 Å². The monoisotopic (exact) mass is 313 g/mol. The zero-order chi connectivity index (χ0) is 14.7. The second kappa shape index (κ2) is 7.38. The molecule has 0 bridgehead atoms. The zero-order valence-corrected chi connectivity index (χ0v) is 12.9. The van der Waals surface area contributed by atoms with Crippen molar-refractivity contribution in [3.05, 3.63) is 39.9 Å². The molecule has 2 rings (SSSR count). The van der Waals surface area contributed by atoms with E-state index in [4.69, 9.17) is 0 Å². The summed E-state index contributed by atoms with van der Waals surface area (Å²) in [5, 5.41) is 14.1. The van der Waals surface area contributed by atoms with Crippen molar-refractivity contribution in [2.24, 2.45) is 0 Å². The van der Waals surface area contributed by atoms with Crippen LogP contribution in [0.1, 0.15) is 19.4 Å². The lowest BCUT2D eigenvalue weighted by molar-refractivity contribution is -0.384. The van der Waals surface area contributed by atoms with Gasteiger partial charge in [-0.15, -0.1) is 12.4 Å². The summed E-state index contributed by atoms with van der Waals surface area (Å²) in [7, 11) is 0. The SMILES string of the molecule is CC1NCCN(C(=O)Cc2cccc([N+](=O)[O-])c2)C1C.Cl. The largest absolute Gasteiger partial charge is 0.337 e. The van der Waals surface area contributed by atoms with E-state index in [1.807, 2.05) is 11.8 Å². The van der Waals surface area contributed by atoms with Crippen LogP contribution >= 0.6 is 12.4 Å². The zero-order valence-electron chi connectivity index (χ0n) is 12.1. The number of nitrogens with one attached hydrogen (secondary N) is 1. The van der Waals surface area contributed by atoms with Gasteiger partial charge in [0.2, 0.25) is 5.91 Å². The van der Waals surface area contributed by atoms with Crippen LogP contribution < -0.4 is 5.32 Å². The normalized spacial score (nSPS) is 21.5. The number of benzene rings is 1. The molecular weight excluding hydrogens is 294 g/mol. The molecule has 1 heterocycles. The van der Waals surface area contributed by atoms with Crippen molar-refractivity contribution in [1.29, 1.82) is 0 Å². The number of carbonyl (C=O) groups excluding carboxylic acids is 1. The first-order valence-corrected chi connectivity index (χ1v) is 6.75. The molecule has 1 saturated heterocycles. The van der Waals surface area contributed by atoms with Gasteiger partial charge in [0.1, 0.15) is 0 Å². The van der Waals surface area contributed by atoms with E-state index in [-0.39, 0.29) is 42.5 Å². The number of hydrogen-bond acceptors (Lipinski definition) is 4. The lowest BCUT2D eigenvalue weighted by atomic mass is 10.0. The van der Waals surface area contributed by atoms with Gasteiger partial charge in [-0.05, 0) is 19.4 Å². The van der Waals surface area contributed by atoms with E-state index in [0.29, 0.717) is 12.1 Å². The highest BCUT2D eigenvalue weighted by Crippen LogP contribution is 2.16. The Kier molecular flexibility index (Phi) is 6.11. The van der Waals surface area contributed by atoms with Gasteiger partial charge in [-0.3, -0.25) is 14.9 Å². The maximum atomic E-state index is 12.3. The van der Waals surface area contributed by atoms with Gasteiger partial charge in [-0.2, -0.15) is 0 Å². The molecule has 7 heteroatoms. The van der Waals surface area contributed by atoms with Crippen LogP contribution in [0.4, 0.5) is 5.69 Å². The van der Waals surface area contributed by atoms with Crippen LogP contribution in [0.15, 0.2) is 24.3 Å². The van der Waals surface area contributed by atoms with Crippen molar-refractivity contribution < 1.29 is 9.72 Å². The number of nitro groups is 1. The maximum Gasteiger partial charge on any atom is 0.269 e. The minimum Gasteiger partial charge on any atom is -0.337 e. The molecule has 2 unspecified atom stereocenters. The number of piperazine rings is 1. The molecule has 0 spiro atoms. The van der Waals surface area contributed by atoms with Gasteiger partial charge in [0.15, 0.2) is 0 Å². The van der Waals surface area contributed by atoms with Gasteiger partial charge < -0.3 is 10.2 Å². The molecule has 0 saturated carbocycles. The summed E-state index contributed by atoms with van der Waals surface area (Å²) in [6.07, 6.45) is 0.207. The fourth-order valence-electron chi connectivity index (χ4n) is 2.46. The maximum absolute atomic E-state index is 12.3. The molecule has 1 aliphatic rings. The molecule has 0 aliphatic carbocycles. The van der Waals surface area contributed by atoms with E-state index in [2.05, 4.69) is 12.2 Å². The van der Waals surface area contributed by atoms with Crippen molar-refractivity contribution >= 4 is 24.0 Å². The highest BCUT2D eigenvalue weighted by molar-refractivity contribution is 5.85. The van der Waals surface area contributed by atoms with E-state index >= 15 is 0 Å². The van der Waals surface area contributed by atoms with Crippen LogP contribution in [0, 0.1) is 10.1 Å². The van der Waals surface area contributed by atoms with Crippen LogP contribution in [0.5, 0.6) is 0 Å². The minimum atomic E-state index is -0.441. The van der Waals surface area contributed by atoms with Crippen LogP contribution in [-0.2, 0) is 11.2 Å². The van der Waals surface area contributed by atoms with Crippen molar-refractivity contribution in [2.75, 3.05) is 13.1 Å². The molecule has 1 aromatic rings. The fourth-order valence-corrected chi connectivity index (χ4v) is 2.46. The summed E-state index contributed by atoms with van der Waals surface area (Å²) >= 11 is 0. The number of non-ortho nitro benzene ring substituents is 1. The third-order valence-corrected chi connectivity index (χ3v) is 3.83. The summed E-state index contributed by atoms with van der Waals surface area (Å²) in [4.78, 5) is 24.5. The molecule has 21 heavy (non-hydrogen) atoms. The number of halogens is 1. The molecule has 1 amide bonds. The van der Waals surface area contributed by atoms with Gasteiger partial charge in [-0.25, -0.2) is 0 Å². The smallest absolute Gasteiger partial charge is 0.269 e. The van der Waals surface area contributed by atoms with Gasteiger partial charge in [0.25, 0.3) is 5.69 Å².